The number of esters is 1. The maximum absolute atomic E-state index is 12.8. The second-order valence-electron chi connectivity index (χ2n) is 5.36. The highest BCUT2D eigenvalue weighted by Gasteiger charge is 2.17. The Morgan fingerprint density at radius 3 is 2.73 bits per heavy atom. The molecule has 1 aliphatic heterocycles. The summed E-state index contributed by atoms with van der Waals surface area (Å²) < 4.78 is 18.0. The van der Waals surface area contributed by atoms with Gasteiger partial charge in [-0.2, -0.15) is 0 Å². The lowest BCUT2D eigenvalue weighted by Crippen LogP contribution is -2.23. The standard InChI is InChI=1S/C18H18FNO2/c19-16-8-6-15(7-9-16)18(21)22-13-3-11-20-12-10-14-4-1-2-5-17(14)20/h1-2,4-9H,3,10-13H2. The van der Waals surface area contributed by atoms with Crippen molar-refractivity contribution in [3.63, 3.8) is 0 Å². The van der Waals surface area contributed by atoms with Crippen LogP contribution in [0.2, 0.25) is 0 Å². The van der Waals surface area contributed by atoms with Crippen molar-refractivity contribution in [3.05, 3.63) is 65.5 Å². The first-order valence-corrected chi connectivity index (χ1v) is 7.49. The molecule has 0 aromatic heterocycles. The van der Waals surface area contributed by atoms with Gasteiger partial charge in [-0.1, -0.05) is 18.2 Å². The predicted molar refractivity (Wildman–Crippen MR) is 83.7 cm³/mol. The lowest BCUT2D eigenvalue weighted by atomic mass is 10.2. The third-order valence-electron chi connectivity index (χ3n) is 3.87. The predicted octanol–water partition coefficient (Wildman–Crippen LogP) is 3.44. The first-order valence-electron chi connectivity index (χ1n) is 7.49. The van der Waals surface area contributed by atoms with E-state index in [-0.39, 0.29) is 5.82 Å². The molecule has 0 saturated carbocycles. The summed E-state index contributed by atoms with van der Waals surface area (Å²) in [5.74, 6) is -0.758. The number of anilines is 1. The van der Waals surface area contributed by atoms with Crippen LogP contribution < -0.4 is 4.90 Å². The molecule has 1 heterocycles. The van der Waals surface area contributed by atoms with Crippen molar-refractivity contribution >= 4 is 11.7 Å². The molecule has 0 spiro atoms. The molecular weight excluding hydrogens is 281 g/mol. The fraction of sp³-hybridized carbons (Fsp3) is 0.278. The minimum atomic E-state index is -0.401. The highest BCUT2D eigenvalue weighted by Crippen LogP contribution is 2.27. The molecule has 22 heavy (non-hydrogen) atoms. The van der Waals surface area contributed by atoms with E-state index in [2.05, 4.69) is 23.1 Å². The number of fused-ring (bicyclic) bond motifs is 1. The Bertz CT molecular complexity index is 654. The van der Waals surface area contributed by atoms with Gasteiger partial charge in [-0.25, -0.2) is 9.18 Å². The number of para-hydroxylation sites is 1. The lowest BCUT2D eigenvalue weighted by Gasteiger charge is -2.19. The highest BCUT2D eigenvalue weighted by atomic mass is 19.1. The van der Waals surface area contributed by atoms with Gasteiger partial charge in [0, 0.05) is 18.8 Å². The summed E-state index contributed by atoms with van der Waals surface area (Å²) in [5, 5.41) is 0. The first-order chi connectivity index (χ1) is 10.7. The quantitative estimate of drug-likeness (QED) is 0.626. The van der Waals surface area contributed by atoms with E-state index in [0.717, 1.165) is 25.9 Å². The maximum Gasteiger partial charge on any atom is 0.338 e. The largest absolute Gasteiger partial charge is 0.462 e. The SMILES string of the molecule is O=C(OCCCN1CCc2ccccc21)c1ccc(F)cc1. The van der Waals surface area contributed by atoms with Crippen LogP contribution in [0.1, 0.15) is 22.3 Å². The number of carbonyl (C=O) groups is 1. The molecule has 0 unspecified atom stereocenters. The van der Waals surface area contributed by atoms with E-state index < -0.39 is 5.97 Å². The number of carbonyl (C=O) groups excluding carboxylic acids is 1. The van der Waals surface area contributed by atoms with Crippen molar-refractivity contribution in [2.75, 3.05) is 24.6 Å². The Labute approximate surface area is 129 Å². The zero-order chi connectivity index (χ0) is 15.4. The van der Waals surface area contributed by atoms with E-state index in [9.17, 15) is 9.18 Å². The third-order valence-corrected chi connectivity index (χ3v) is 3.87. The normalized spacial score (nSPS) is 13.0. The van der Waals surface area contributed by atoms with Gasteiger partial charge in [0.1, 0.15) is 5.82 Å². The molecular formula is C18H18FNO2. The van der Waals surface area contributed by atoms with Crippen molar-refractivity contribution < 1.29 is 13.9 Å². The molecule has 0 atom stereocenters. The molecule has 0 aliphatic carbocycles. The maximum atomic E-state index is 12.8. The van der Waals surface area contributed by atoms with Crippen molar-refractivity contribution in [3.8, 4) is 0 Å². The minimum Gasteiger partial charge on any atom is -0.462 e. The monoisotopic (exact) mass is 299 g/mol. The summed E-state index contributed by atoms with van der Waals surface area (Å²) in [7, 11) is 0. The molecule has 4 heteroatoms. The molecule has 114 valence electrons. The van der Waals surface area contributed by atoms with Gasteiger partial charge in [-0.05, 0) is 48.7 Å². The molecule has 2 aromatic carbocycles. The van der Waals surface area contributed by atoms with Gasteiger partial charge in [0.25, 0.3) is 0 Å². The number of halogens is 1. The lowest BCUT2D eigenvalue weighted by molar-refractivity contribution is 0.0502. The molecule has 0 saturated heterocycles. The Morgan fingerprint density at radius 2 is 1.91 bits per heavy atom. The van der Waals surface area contributed by atoms with Gasteiger partial charge in [-0.3, -0.25) is 0 Å². The summed E-state index contributed by atoms with van der Waals surface area (Å²) in [6.07, 6.45) is 1.85. The summed E-state index contributed by atoms with van der Waals surface area (Å²) >= 11 is 0. The molecule has 0 N–H and O–H groups in total. The molecule has 0 fully saturated rings. The molecule has 3 nitrogen and oxygen atoms in total. The van der Waals surface area contributed by atoms with Crippen LogP contribution in [0.4, 0.5) is 10.1 Å². The third kappa shape index (κ3) is 3.27. The van der Waals surface area contributed by atoms with Crippen molar-refractivity contribution in [2.24, 2.45) is 0 Å². The number of hydrogen-bond acceptors (Lipinski definition) is 3. The number of rotatable bonds is 5. The Balaban J connectivity index is 1.45. The van der Waals surface area contributed by atoms with E-state index in [1.807, 2.05) is 6.07 Å². The van der Waals surface area contributed by atoms with Crippen LogP contribution in [0.25, 0.3) is 0 Å². The molecule has 0 amide bonds. The van der Waals surface area contributed by atoms with Gasteiger partial charge in [0.15, 0.2) is 0 Å². The van der Waals surface area contributed by atoms with Gasteiger partial charge in [0.2, 0.25) is 0 Å². The van der Waals surface area contributed by atoms with Crippen LogP contribution in [-0.4, -0.2) is 25.7 Å². The fourth-order valence-electron chi connectivity index (χ4n) is 2.73. The number of nitrogens with zero attached hydrogens (tertiary/aromatic N) is 1. The second kappa shape index (κ2) is 6.60. The second-order valence-corrected chi connectivity index (χ2v) is 5.36. The molecule has 0 bridgehead atoms. The molecule has 2 aromatic rings. The van der Waals surface area contributed by atoms with Gasteiger partial charge in [0.05, 0.1) is 12.2 Å². The highest BCUT2D eigenvalue weighted by molar-refractivity contribution is 5.89. The Kier molecular flexibility index (Phi) is 4.37. The van der Waals surface area contributed by atoms with Crippen LogP contribution in [0.3, 0.4) is 0 Å². The smallest absolute Gasteiger partial charge is 0.338 e. The summed E-state index contributed by atoms with van der Waals surface area (Å²) in [5.41, 5.74) is 3.05. The van der Waals surface area contributed by atoms with E-state index in [1.54, 1.807) is 0 Å². The van der Waals surface area contributed by atoms with Gasteiger partial charge in [-0.15, -0.1) is 0 Å². The van der Waals surface area contributed by atoms with Crippen LogP contribution in [0.5, 0.6) is 0 Å². The minimum absolute atomic E-state index is 0.357. The van der Waals surface area contributed by atoms with E-state index in [1.165, 1.54) is 35.5 Å². The van der Waals surface area contributed by atoms with E-state index in [4.69, 9.17) is 4.74 Å². The number of benzene rings is 2. The molecule has 1 aliphatic rings. The number of hydrogen-bond donors (Lipinski definition) is 0. The summed E-state index contributed by atoms with van der Waals surface area (Å²) in [6.45, 7) is 2.26. The van der Waals surface area contributed by atoms with Crippen molar-refractivity contribution in [1.82, 2.24) is 0 Å². The zero-order valence-corrected chi connectivity index (χ0v) is 12.3. The van der Waals surface area contributed by atoms with Crippen molar-refractivity contribution in [1.29, 1.82) is 0 Å². The zero-order valence-electron chi connectivity index (χ0n) is 12.3. The van der Waals surface area contributed by atoms with Crippen LogP contribution in [0.15, 0.2) is 48.5 Å². The Morgan fingerprint density at radius 1 is 1.14 bits per heavy atom. The van der Waals surface area contributed by atoms with E-state index in [0.29, 0.717) is 12.2 Å². The van der Waals surface area contributed by atoms with Gasteiger partial charge < -0.3 is 9.64 Å². The molecule has 0 radical (unpaired) electrons. The topological polar surface area (TPSA) is 29.5 Å². The molecule has 3 rings (SSSR count). The first kappa shape index (κ1) is 14.6. The Hall–Kier alpha value is -2.36. The number of ether oxygens (including phenoxy) is 1. The summed E-state index contributed by atoms with van der Waals surface area (Å²) in [4.78, 5) is 14.1. The van der Waals surface area contributed by atoms with Crippen LogP contribution in [-0.2, 0) is 11.2 Å². The average molecular weight is 299 g/mol. The average Bonchev–Trinajstić information content (AvgIpc) is 2.95. The van der Waals surface area contributed by atoms with E-state index >= 15 is 0 Å². The van der Waals surface area contributed by atoms with Crippen LogP contribution in [0, 0.1) is 5.82 Å². The summed E-state index contributed by atoms with van der Waals surface area (Å²) in [6, 6.07) is 13.8. The van der Waals surface area contributed by atoms with Crippen LogP contribution >= 0.6 is 0 Å². The van der Waals surface area contributed by atoms with Crippen molar-refractivity contribution in [2.45, 2.75) is 12.8 Å². The van der Waals surface area contributed by atoms with Gasteiger partial charge >= 0.3 is 5.97 Å². The fourth-order valence-corrected chi connectivity index (χ4v) is 2.73.